The minimum absolute atomic E-state index is 0.0264. The topological polar surface area (TPSA) is 97.2 Å². The van der Waals surface area contributed by atoms with Gasteiger partial charge < -0.3 is 5.32 Å². The molecular weight excluding hydrogens is 462 g/mol. The zero-order valence-corrected chi connectivity index (χ0v) is 20.8. The summed E-state index contributed by atoms with van der Waals surface area (Å²) in [5, 5.41) is 8.10. The summed E-state index contributed by atoms with van der Waals surface area (Å²) in [4.78, 5) is 43.2. The largest absolute Gasteiger partial charge is 0.306 e. The summed E-state index contributed by atoms with van der Waals surface area (Å²) in [5.74, 6) is -0.400. The van der Waals surface area contributed by atoms with Crippen LogP contribution in [0.3, 0.4) is 0 Å². The zero-order chi connectivity index (χ0) is 24.9. The van der Waals surface area contributed by atoms with E-state index in [1.807, 2.05) is 13.0 Å². The third-order valence-corrected chi connectivity index (χ3v) is 6.91. The van der Waals surface area contributed by atoms with E-state index >= 15 is 0 Å². The van der Waals surface area contributed by atoms with Gasteiger partial charge in [0.25, 0.3) is 5.91 Å². The Morgan fingerprint density at radius 1 is 1.03 bits per heavy atom. The molecule has 0 spiro atoms. The molecule has 5 rings (SSSR count). The fourth-order valence-corrected chi connectivity index (χ4v) is 5.01. The van der Waals surface area contributed by atoms with E-state index in [2.05, 4.69) is 43.3 Å². The van der Waals surface area contributed by atoms with Gasteiger partial charge in [0.2, 0.25) is 16.9 Å². The summed E-state index contributed by atoms with van der Waals surface area (Å²) in [7, 11) is 0. The number of rotatable bonds is 4. The maximum Gasteiger partial charge on any atom is 0.256 e. The Balaban J connectivity index is 1.44. The highest BCUT2D eigenvalue weighted by Crippen LogP contribution is 2.32. The van der Waals surface area contributed by atoms with Crippen LogP contribution in [0.4, 0.5) is 11.5 Å². The maximum atomic E-state index is 13.1. The van der Waals surface area contributed by atoms with Crippen LogP contribution in [0.25, 0.3) is 15.3 Å². The number of thiazole rings is 1. The smallest absolute Gasteiger partial charge is 0.256 e. The molecular formula is C26H25N5O3S. The minimum Gasteiger partial charge on any atom is -0.306 e. The van der Waals surface area contributed by atoms with Crippen LogP contribution in [0.1, 0.15) is 55.2 Å². The Labute approximate surface area is 206 Å². The number of imide groups is 1. The third kappa shape index (κ3) is 4.35. The Morgan fingerprint density at radius 2 is 1.77 bits per heavy atom. The van der Waals surface area contributed by atoms with Gasteiger partial charge in [0.15, 0.2) is 0 Å². The van der Waals surface area contributed by atoms with Gasteiger partial charge in [0, 0.05) is 24.5 Å². The Bertz CT molecular complexity index is 1480. The van der Waals surface area contributed by atoms with Gasteiger partial charge in [-0.3, -0.25) is 19.3 Å². The molecule has 1 aliphatic heterocycles. The Hall–Kier alpha value is -3.85. The SMILES string of the molecule is Cc1cc(NC(=O)c2cccc(N3C(=O)CCC3=O)c2)n(-c2nc3ccc(C(C)(C)C)cc3s2)n1. The summed E-state index contributed by atoms with van der Waals surface area (Å²) < 4.78 is 2.68. The molecule has 0 aliphatic carbocycles. The highest BCUT2D eigenvalue weighted by molar-refractivity contribution is 7.20. The number of nitrogens with one attached hydrogen (secondary N) is 1. The highest BCUT2D eigenvalue weighted by Gasteiger charge is 2.30. The van der Waals surface area contributed by atoms with E-state index in [1.165, 1.54) is 16.9 Å². The molecule has 0 saturated carbocycles. The molecule has 0 radical (unpaired) electrons. The molecule has 2 aromatic carbocycles. The number of hydrogen-bond donors (Lipinski definition) is 1. The molecule has 0 unspecified atom stereocenters. The van der Waals surface area contributed by atoms with Crippen LogP contribution in [0.5, 0.6) is 0 Å². The van der Waals surface area contributed by atoms with Crippen molar-refractivity contribution in [1.82, 2.24) is 14.8 Å². The van der Waals surface area contributed by atoms with E-state index < -0.39 is 0 Å². The fraction of sp³-hybridized carbons (Fsp3) is 0.269. The van der Waals surface area contributed by atoms with Gasteiger partial charge in [-0.05, 0) is 48.2 Å². The lowest BCUT2D eigenvalue weighted by atomic mass is 9.87. The quantitative estimate of drug-likeness (QED) is 0.409. The molecule has 9 heteroatoms. The Morgan fingerprint density at radius 3 is 2.49 bits per heavy atom. The number of hydrogen-bond acceptors (Lipinski definition) is 6. The van der Waals surface area contributed by atoms with Crippen LogP contribution in [-0.2, 0) is 15.0 Å². The van der Waals surface area contributed by atoms with E-state index in [0.29, 0.717) is 22.2 Å². The van der Waals surface area contributed by atoms with Gasteiger partial charge in [-0.1, -0.05) is 44.2 Å². The van der Waals surface area contributed by atoms with Crippen LogP contribution < -0.4 is 10.2 Å². The molecule has 3 heterocycles. The molecule has 2 aromatic heterocycles. The van der Waals surface area contributed by atoms with Gasteiger partial charge in [-0.15, -0.1) is 0 Å². The van der Waals surface area contributed by atoms with Crippen LogP contribution in [-0.4, -0.2) is 32.5 Å². The molecule has 178 valence electrons. The second-order valence-electron chi connectivity index (χ2n) is 9.64. The summed E-state index contributed by atoms with van der Waals surface area (Å²) in [6, 6.07) is 14.5. The lowest BCUT2D eigenvalue weighted by molar-refractivity contribution is -0.121. The highest BCUT2D eigenvalue weighted by atomic mass is 32.1. The number of anilines is 2. The van der Waals surface area contributed by atoms with Crippen molar-refractivity contribution >= 4 is 50.8 Å². The Kier molecular flexibility index (Phi) is 5.52. The standard InChI is InChI=1S/C26H25N5O3S/c1-15-12-21(28-24(34)16-6-5-7-18(13-16)30-22(32)10-11-23(30)33)31(29-15)25-27-19-9-8-17(26(2,3)4)14-20(19)35-25/h5-9,12-14H,10-11H2,1-4H3,(H,28,34). The second-order valence-corrected chi connectivity index (χ2v) is 10.6. The van der Waals surface area contributed by atoms with Crippen molar-refractivity contribution in [3.05, 3.63) is 65.4 Å². The monoisotopic (exact) mass is 487 g/mol. The molecule has 8 nitrogen and oxygen atoms in total. The number of amides is 3. The maximum absolute atomic E-state index is 13.1. The van der Waals surface area contributed by atoms with E-state index in [0.717, 1.165) is 20.8 Å². The van der Waals surface area contributed by atoms with Crippen molar-refractivity contribution < 1.29 is 14.4 Å². The molecule has 0 atom stereocenters. The number of carbonyl (C=O) groups is 3. The number of benzene rings is 2. The predicted molar refractivity (Wildman–Crippen MR) is 136 cm³/mol. The van der Waals surface area contributed by atoms with Gasteiger partial charge in [-0.2, -0.15) is 9.78 Å². The molecule has 1 N–H and O–H groups in total. The van der Waals surface area contributed by atoms with Crippen molar-refractivity contribution in [2.75, 3.05) is 10.2 Å². The molecule has 1 fully saturated rings. The summed E-state index contributed by atoms with van der Waals surface area (Å²) in [6.07, 6.45) is 0.375. The fourth-order valence-electron chi connectivity index (χ4n) is 4.04. The first-order valence-electron chi connectivity index (χ1n) is 11.4. The van der Waals surface area contributed by atoms with Crippen LogP contribution in [0.2, 0.25) is 0 Å². The van der Waals surface area contributed by atoms with Crippen molar-refractivity contribution in [1.29, 1.82) is 0 Å². The van der Waals surface area contributed by atoms with E-state index in [9.17, 15) is 14.4 Å². The van der Waals surface area contributed by atoms with E-state index in [4.69, 9.17) is 4.98 Å². The van der Waals surface area contributed by atoms with Gasteiger partial charge >= 0.3 is 0 Å². The summed E-state index contributed by atoms with van der Waals surface area (Å²) in [6.45, 7) is 8.36. The minimum atomic E-state index is -0.372. The lowest BCUT2D eigenvalue weighted by Gasteiger charge is -2.18. The van der Waals surface area contributed by atoms with Crippen LogP contribution >= 0.6 is 11.3 Å². The van der Waals surface area contributed by atoms with Crippen molar-refractivity contribution in [2.24, 2.45) is 0 Å². The molecule has 1 aliphatic rings. The van der Waals surface area contributed by atoms with Gasteiger partial charge in [0.1, 0.15) is 5.82 Å². The average Bonchev–Trinajstić information content (AvgIpc) is 3.48. The number of carbonyl (C=O) groups excluding carboxylic acids is 3. The van der Waals surface area contributed by atoms with Crippen LogP contribution in [0, 0.1) is 6.92 Å². The number of fused-ring (bicyclic) bond motifs is 1. The third-order valence-electron chi connectivity index (χ3n) is 5.92. The zero-order valence-electron chi connectivity index (χ0n) is 20.0. The molecule has 4 aromatic rings. The van der Waals surface area contributed by atoms with Gasteiger partial charge in [0.05, 0.1) is 21.6 Å². The van der Waals surface area contributed by atoms with Crippen molar-refractivity contribution in [3.8, 4) is 5.13 Å². The first-order valence-corrected chi connectivity index (χ1v) is 12.2. The van der Waals surface area contributed by atoms with E-state index in [1.54, 1.807) is 35.0 Å². The van der Waals surface area contributed by atoms with Gasteiger partial charge in [-0.25, -0.2) is 4.98 Å². The molecule has 0 bridgehead atoms. The van der Waals surface area contributed by atoms with Crippen molar-refractivity contribution in [3.63, 3.8) is 0 Å². The number of aryl methyl sites for hydroxylation is 1. The lowest BCUT2D eigenvalue weighted by Crippen LogP contribution is -2.28. The molecule has 1 saturated heterocycles. The van der Waals surface area contributed by atoms with E-state index in [-0.39, 0.29) is 36.0 Å². The normalized spacial score (nSPS) is 14.2. The number of aromatic nitrogens is 3. The summed E-state index contributed by atoms with van der Waals surface area (Å²) in [5.41, 5.74) is 3.59. The van der Waals surface area contributed by atoms with Crippen LogP contribution in [0.15, 0.2) is 48.5 Å². The first kappa shape index (κ1) is 22.9. The average molecular weight is 488 g/mol. The summed E-state index contributed by atoms with van der Waals surface area (Å²) >= 11 is 1.51. The predicted octanol–water partition coefficient (Wildman–Crippen LogP) is 4.99. The first-order chi connectivity index (χ1) is 16.6. The molecule has 3 amide bonds. The number of nitrogens with zero attached hydrogens (tertiary/aromatic N) is 4. The molecule has 35 heavy (non-hydrogen) atoms. The van der Waals surface area contributed by atoms with Crippen molar-refractivity contribution in [2.45, 2.75) is 46.0 Å². The second kappa shape index (κ2) is 8.42.